The summed E-state index contributed by atoms with van der Waals surface area (Å²) in [5.41, 5.74) is 3.19. The van der Waals surface area contributed by atoms with Gasteiger partial charge in [0.1, 0.15) is 17.1 Å². The molecule has 1 N–H and O–H groups in total. The summed E-state index contributed by atoms with van der Waals surface area (Å²) in [6.07, 6.45) is 11.9. The van der Waals surface area contributed by atoms with Crippen LogP contribution in [0.5, 0.6) is 11.5 Å². The van der Waals surface area contributed by atoms with E-state index >= 15 is 0 Å². The lowest BCUT2D eigenvalue weighted by atomic mass is 9.66. The zero-order chi connectivity index (χ0) is 23.6. The van der Waals surface area contributed by atoms with E-state index in [1.165, 1.54) is 36.8 Å². The molecule has 4 rings (SSSR count). The van der Waals surface area contributed by atoms with Crippen LogP contribution in [0.4, 0.5) is 0 Å². The van der Waals surface area contributed by atoms with Gasteiger partial charge in [-0.15, -0.1) is 0 Å². The summed E-state index contributed by atoms with van der Waals surface area (Å²) in [5, 5.41) is 3.11. The van der Waals surface area contributed by atoms with Crippen molar-refractivity contribution in [2.75, 3.05) is 13.2 Å². The Kier molecular flexibility index (Phi) is 7.12. The molecule has 2 heterocycles. The number of carbonyl (C=O) groups excluding carboxylic acids is 1. The maximum atomic E-state index is 12.8. The largest absolute Gasteiger partial charge is 0.493 e. The van der Waals surface area contributed by atoms with E-state index in [0.717, 1.165) is 49.2 Å². The number of unbranched alkanes of at least 4 members (excludes halogenated alkanes) is 3. The topological polar surface area (TPSA) is 47.6 Å². The van der Waals surface area contributed by atoms with Crippen molar-refractivity contribution in [2.24, 2.45) is 5.92 Å². The van der Waals surface area contributed by atoms with Crippen molar-refractivity contribution in [1.82, 2.24) is 5.32 Å². The van der Waals surface area contributed by atoms with Gasteiger partial charge in [-0.3, -0.25) is 4.79 Å². The average molecular weight is 454 g/mol. The molecule has 0 saturated heterocycles. The molecule has 182 valence electrons. The molecule has 2 atom stereocenters. The third-order valence-corrected chi connectivity index (χ3v) is 8.13. The van der Waals surface area contributed by atoms with Crippen molar-refractivity contribution >= 4 is 5.91 Å². The predicted octanol–water partition coefficient (Wildman–Crippen LogP) is 6.81. The molecular weight excluding hydrogens is 410 g/mol. The van der Waals surface area contributed by atoms with E-state index < -0.39 is 0 Å². The molecule has 0 saturated carbocycles. The van der Waals surface area contributed by atoms with E-state index in [2.05, 4.69) is 58.1 Å². The lowest BCUT2D eigenvalue weighted by Gasteiger charge is -2.47. The number of ether oxygens (including phenoxy) is 2. The van der Waals surface area contributed by atoms with Crippen LogP contribution in [-0.2, 0) is 10.2 Å². The van der Waals surface area contributed by atoms with Crippen LogP contribution < -0.4 is 14.8 Å². The lowest BCUT2D eigenvalue weighted by Crippen LogP contribution is -2.46. The summed E-state index contributed by atoms with van der Waals surface area (Å²) < 4.78 is 13.2. The number of fused-ring (bicyclic) bond motifs is 1. The van der Waals surface area contributed by atoms with Crippen molar-refractivity contribution < 1.29 is 14.3 Å². The van der Waals surface area contributed by atoms with E-state index in [0.29, 0.717) is 19.1 Å². The van der Waals surface area contributed by atoms with Gasteiger partial charge in [0.2, 0.25) is 5.91 Å². The van der Waals surface area contributed by atoms with Crippen molar-refractivity contribution in [3.05, 3.63) is 34.9 Å². The van der Waals surface area contributed by atoms with Gasteiger partial charge in [-0.25, -0.2) is 0 Å². The smallest absolute Gasteiger partial charge is 0.246 e. The predicted molar refractivity (Wildman–Crippen MR) is 134 cm³/mol. The lowest BCUT2D eigenvalue weighted by molar-refractivity contribution is -0.118. The Morgan fingerprint density at radius 2 is 1.91 bits per heavy atom. The highest BCUT2D eigenvalue weighted by molar-refractivity contribution is 5.93. The van der Waals surface area contributed by atoms with Crippen molar-refractivity contribution in [1.29, 1.82) is 0 Å². The van der Waals surface area contributed by atoms with Crippen molar-refractivity contribution in [3.8, 4) is 11.5 Å². The molecule has 4 heteroatoms. The minimum absolute atomic E-state index is 0.0637. The molecule has 33 heavy (non-hydrogen) atoms. The monoisotopic (exact) mass is 453 g/mol. The molecule has 1 unspecified atom stereocenters. The molecule has 4 nitrogen and oxygen atoms in total. The number of benzene rings is 1. The molecular formula is C29H43NO3. The number of carbonyl (C=O) groups is 1. The van der Waals surface area contributed by atoms with Crippen molar-refractivity contribution in [2.45, 2.75) is 109 Å². The van der Waals surface area contributed by atoms with Gasteiger partial charge in [0.15, 0.2) is 0 Å². The highest BCUT2D eigenvalue weighted by atomic mass is 16.5. The first-order chi connectivity index (χ1) is 15.7. The summed E-state index contributed by atoms with van der Waals surface area (Å²) in [4.78, 5) is 12.8. The fourth-order valence-electron chi connectivity index (χ4n) is 5.94. The molecule has 1 aliphatic carbocycles. The Bertz CT molecular complexity index is 898. The van der Waals surface area contributed by atoms with Crippen LogP contribution >= 0.6 is 0 Å². The SMILES string of the molecule is CCCCCCC(C)(C)c1cc2c3c(c1)OC(C)(C)[C@@H]1CC=C(CC31)C(=O)NCCCCO2. The van der Waals surface area contributed by atoms with Gasteiger partial charge in [-0.2, -0.15) is 0 Å². The summed E-state index contributed by atoms with van der Waals surface area (Å²) in [6, 6.07) is 4.57. The summed E-state index contributed by atoms with van der Waals surface area (Å²) in [5.74, 6) is 2.63. The van der Waals surface area contributed by atoms with E-state index in [1.807, 2.05) is 0 Å². The zero-order valence-electron chi connectivity index (χ0n) is 21.4. The van der Waals surface area contributed by atoms with E-state index in [9.17, 15) is 4.79 Å². The van der Waals surface area contributed by atoms with Gasteiger partial charge in [0.25, 0.3) is 0 Å². The first-order valence-electron chi connectivity index (χ1n) is 13.2. The number of rotatable bonds is 6. The van der Waals surface area contributed by atoms with Crippen LogP contribution in [0, 0.1) is 5.92 Å². The van der Waals surface area contributed by atoms with Crippen LogP contribution in [0.1, 0.15) is 109 Å². The van der Waals surface area contributed by atoms with Gasteiger partial charge < -0.3 is 14.8 Å². The molecule has 0 radical (unpaired) electrons. The fourth-order valence-corrected chi connectivity index (χ4v) is 5.94. The highest BCUT2D eigenvalue weighted by Gasteiger charge is 2.47. The normalized spacial score (nSPS) is 24.4. The number of hydrogen-bond acceptors (Lipinski definition) is 3. The van der Waals surface area contributed by atoms with Crippen LogP contribution in [0.15, 0.2) is 23.8 Å². The zero-order valence-corrected chi connectivity index (χ0v) is 21.4. The second kappa shape index (κ2) is 9.72. The summed E-state index contributed by atoms with van der Waals surface area (Å²) in [7, 11) is 0. The Balaban J connectivity index is 1.75. The maximum Gasteiger partial charge on any atom is 0.246 e. The van der Waals surface area contributed by atoms with Crippen LogP contribution in [0.2, 0.25) is 0 Å². The third kappa shape index (κ3) is 5.10. The molecule has 2 bridgehead atoms. The average Bonchev–Trinajstić information content (AvgIpc) is 2.77. The Morgan fingerprint density at radius 3 is 2.70 bits per heavy atom. The molecule has 3 aliphatic rings. The van der Waals surface area contributed by atoms with Gasteiger partial charge in [0, 0.05) is 29.5 Å². The van der Waals surface area contributed by atoms with E-state index in [-0.39, 0.29) is 22.8 Å². The Hall–Kier alpha value is -1.97. The van der Waals surface area contributed by atoms with E-state index in [4.69, 9.17) is 9.47 Å². The minimum atomic E-state index is -0.283. The molecule has 2 aliphatic heterocycles. The molecule has 1 aromatic carbocycles. The molecule has 1 amide bonds. The second-order valence-corrected chi connectivity index (χ2v) is 11.5. The number of hydrogen-bond donors (Lipinski definition) is 1. The number of nitrogens with one attached hydrogen (secondary N) is 1. The van der Waals surface area contributed by atoms with Crippen LogP contribution in [0.25, 0.3) is 0 Å². The first kappa shape index (κ1) is 24.2. The van der Waals surface area contributed by atoms with E-state index in [1.54, 1.807) is 0 Å². The first-order valence-corrected chi connectivity index (χ1v) is 13.2. The third-order valence-electron chi connectivity index (χ3n) is 8.13. The van der Waals surface area contributed by atoms with Crippen LogP contribution in [-0.4, -0.2) is 24.7 Å². The Morgan fingerprint density at radius 1 is 1.12 bits per heavy atom. The molecule has 1 aromatic rings. The van der Waals surface area contributed by atoms with Gasteiger partial charge >= 0.3 is 0 Å². The van der Waals surface area contributed by atoms with Gasteiger partial charge in [0.05, 0.1) is 6.61 Å². The fraction of sp³-hybridized carbons (Fsp3) is 0.690. The summed E-state index contributed by atoms with van der Waals surface area (Å²) in [6.45, 7) is 12.8. The highest BCUT2D eigenvalue weighted by Crippen LogP contribution is 2.55. The van der Waals surface area contributed by atoms with Gasteiger partial charge in [-0.05, 0) is 69.1 Å². The van der Waals surface area contributed by atoms with Gasteiger partial charge in [-0.1, -0.05) is 52.5 Å². The molecule has 0 aromatic heterocycles. The second-order valence-electron chi connectivity index (χ2n) is 11.5. The standard InChI is InChI=1S/C29H43NO3/c1-6-7-8-9-14-28(2,3)21-18-24-26-22-17-20(27(31)30-15-10-11-16-32-24)12-13-23(22)29(4,5)33-25(26)19-21/h12,18-19,22-23H,6-11,13-17H2,1-5H3,(H,30,31)/t22?,23-/m1/s1. The summed E-state index contributed by atoms with van der Waals surface area (Å²) >= 11 is 0. The Labute approximate surface area is 200 Å². The maximum absolute atomic E-state index is 12.8. The van der Waals surface area contributed by atoms with Crippen molar-refractivity contribution in [3.63, 3.8) is 0 Å². The minimum Gasteiger partial charge on any atom is -0.493 e. The van der Waals surface area contributed by atoms with Crippen LogP contribution in [0.3, 0.4) is 0 Å². The number of amides is 1. The number of allylic oxidation sites excluding steroid dienone is 1. The quantitative estimate of drug-likeness (QED) is 0.481. The molecule has 0 spiro atoms. The molecule has 0 fully saturated rings.